The number of carboxylic acids is 1. The van der Waals surface area contributed by atoms with Crippen LogP contribution >= 0.6 is 0 Å². The van der Waals surface area contributed by atoms with E-state index in [1.807, 2.05) is 0 Å². The number of carbonyl (C=O) groups is 1. The molecule has 13 heavy (non-hydrogen) atoms. The van der Waals surface area contributed by atoms with Gasteiger partial charge in [-0.2, -0.15) is 0 Å². The van der Waals surface area contributed by atoms with Gasteiger partial charge in [-0.05, 0) is 12.8 Å². The van der Waals surface area contributed by atoms with Crippen molar-refractivity contribution in [1.29, 1.82) is 0 Å². The summed E-state index contributed by atoms with van der Waals surface area (Å²) in [6.45, 7) is 0.205. The Kier molecular flexibility index (Phi) is 2.51. The summed E-state index contributed by atoms with van der Waals surface area (Å²) >= 11 is 0. The molecule has 4 heteroatoms. The SMILES string of the molecule is O=C(O)C1COC2CCCCC2O1. The molecular weight excluding hydrogens is 172 g/mol. The van der Waals surface area contributed by atoms with Gasteiger partial charge in [0.15, 0.2) is 6.10 Å². The fourth-order valence-corrected chi connectivity index (χ4v) is 2.00. The van der Waals surface area contributed by atoms with Gasteiger partial charge in [0.1, 0.15) is 0 Å². The maximum absolute atomic E-state index is 10.6. The van der Waals surface area contributed by atoms with E-state index in [0.717, 1.165) is 19.3 Å². The quantitative estimate of drug-likeness (QED) is 0.658. The molecule has 0 radical (unpaired) electrons. The van der Waals surface area contributed by atoms with Crippen LogP contribution in [0.4, 0.5) is 0 Å². The second kappa shape index (κ2) is 3.64. The fraction of sp³-hybridized carbons (Fsp3) is 0.889. The summed E-state index contributed by atoms with van der Waals surface area (Å²) in [6, 6.07) is 0. The third-order valence-electron chi connectivity index (χ3n) is 2.72. The van der Waals surface area contributed by atoms with Gasteiger partial charge in [-0.3, -0.25) is 0 Å². The number of hydrogen-bond donors (Lipinski definition) is 1. The monoisotopic (exact) mass is 186 g/mol. The largest absolute Gasteiger partial charge is 0.479 e. The van der Waals surface area contributed by atoms with Crippen LogP contribution in [0.3, 0.4) is 0 Å². The average molecular weight is 186 g/mol. The van der Waals surface area contributed by atoms with Crippen LogP contribution in [0, 0.1) is 0 Å². The summed E-state index contributed by atoms with van der Waals surface area (Å²) in [5, 5.41) is 8.72. The van der Waals surface area contributed by atoms with E-state index in [1.54, 1.807) is 0 Å². The topological polar surface area (TPSA) is 55.8 Å². The van der Waals surface area contributed by atoms with Gasteiger partial charge in [0.25, 0.3) is 0 Å². The van der Waals surface area contributed by atoms with Gasteiger partial charge in [-0.1, -0.05) is 12.8 Å². The maximum Gasteiger partial charge on any atom is 0.335 e. The van der Waals surface area contributed by atoms with Crippen molar-refractivity contribution in [1.82, 2.24) is 0 Å². The lowest BCUT2D eigenvalue weighted by Crippen LogP contribution is -2.47. The Morgan fingerprint density at radius 2 is 1.92 bits per heavy atom. The van der Waals surface area contributed by atoms with E-state index >= 15 is 0 Å². The van der Waals surface area contributed by atoms with Gasteiger partial charge < -0.3 is 14.6 Å². The first-order valence-electron chi connectivity index (χ1n) is 4.77. The minimum Gasteiger partial charge on any atom is -0.479 e. The van der Waals surface area contributed by atoms with E-state index < -0.39 is 12.1 Å². The summed E-state index contributed by atoms with van der Waals surface area (Å²) in [5.74, 6) is -0.913. The van der Waals surface area contributed by atoms with Crippen molar-refractivity contribution < 1.29 is 19.4 Å². The molecule has 2 fully saturated rings. The van der Waals surface area contributed by atoms with Crippen LogP contribution in [0.15, 0.2) is 0 Å². The summed E-state index contributed by atoms with van der Waals surface area (Å²) in [7, 11) is 0. The number of carboxylic acid groups (broad SMARTS) is 1. The van der Waals surface area contributed by atoms with Crippen LogP contribution < -0.4 is 0 Å². The number of rotatable bonds is 1. The Morgan fingerprint density at radius 1 is 1.23 bits per heavy atom. The Hall–Kier alpha value is -0.610. The lowest BCUT2D eigenvalue weighted by atomic mass is 9.93. The van der Waals surface area contributed by atoms with Gasteiger partial charge >= 0.3 is 5.97 Å². The normalized spacial score (nSPS) is 39.5. The first kappa shape index (κ1) is 8.97. The second-order valence-corrected chi connectivity index (χ2v) is 3.66. The zero-order valence-electron chi connectivity index (χ0n) is 7.44. The van der Waals surface area contributed by atoms with Crippen molar-refractivity contribution in [2.45, 2.75) is 44.0 Å². The molecule has 2 aliphatic rings. The molecule has 4 nitrogen and oxygen atoms in total. The van der Waals surface area contributed by atoms with Crippen LogP contribution in [0.25, 0.3) is 0 Å². The molecule has 1 aliphatic heterocycles. The van der Waals surface area contributed by atoms with E-state index in [4.69, 9.17) is 14.6 Å². The molecule has 2 rings (SSSR count). The van der Waals surface area contributed by atoms with Crippen molar-refractivity contribution in [3.8, 4) is 0 Å². The minimum absolute atomic E-state index is 0.0172. The molecule has 1 saturated carbocycles. The van der Waals surface area contributed by atoms with Crippen LogP contribution in [-0.2, 0) is 14.3 Å². The van der Waals surface area contributed by atoms with Crippen molar-refractivity contribution in [3.05, 3.63) is 0 Å². The third-order valence-corrected chi connectivity index (χ3v) is 2.72. The number of ether oxygens (including phenoxy) is 2. The Bertz CT molecular complexity index is 204. The van der Waals surface area contributed by atoms with Crippen LogP contribution in [0.1, 0.15) is 25.7 Å². The van der Waals surface area contributed by atoms with Gasteiger partial charge in [-0.25, -0.2) is 4.79 Å². The van der Waals surface area contributed by atoms with Crippen molar-refractivity contribution in [2.75, 3.05) is 6.61 Å². The van der Waals surface area contributed by atoms with E-state index in [9.17, 15) is 4.79 Å². The lowest BCUT2D eigenvalue weighted by molar-refractivity contribution is -0.205. The highest BCUT2D eigenvalue weighted by Crippen LogP contribution is 2.28. The summed E-state index contributed by atoms with van der Waals surface area (Å²) in [6.07, 6.45) is 3.65. The van der Waals surface area contributed by atoms with E-state index in [1.165, 1.54) is 6.42 Å². The molecule has 1 heterocycles. The molecular formula is C9H14O4. The van der Waals surface area contributed by atoms with E-state index in [-0.39, 0.29) is 18.8 Å². The number of aliphatic carboxylic acids is 1. The molecule has 1 N–H and O–H groups in total. The number of fused-ring (bicyclic) bond motifs is 1. The Labute approximate surface area is 76.8 Å². The summed E-state index contributed by atoms with van der Waals surface area (Å²) in [5.41, 5.74) is 0. The molecule has 3 atom stereocenters. The Balaban J connectivity index is 1.95. The minimum atomic E-state index is -0.913. The predicted octanol–water partition coefficient (Wildman–Crippen LogP) is 0.798. The van der Waals surface area contributed by atoms with Gasteiger partial charge in [0.05, 0.1) is 18.8 Å². The molecule has 0 aromatic carbocycles. The van der Waals surface area contributed by atoms with Crippen LogP contribution in [0.2, 0.25) is 0 Å². The van der Waals surface area contributed by atoms with Crippen molar-refractivity contribution >= 4 is 5.97 Å². The molecule has 0 bridgehead atoms. The molecule has 74 valence electrons. The van der Waals surface area contributed by atoms with Gasteiger partial charge in [0, 0.05) is 0 Å². The zero-order valence-corrected chi connectivity index (χ0v) is 7.44. The molecule has 0 aromatic heterocycles. The van der Waals surface area contributed by atoms with Crippen molar-refractivity contribution in [3.63, 3.8) is 0 Å². The maximum atomic E-state index is 10.6. The lowest BCUT2D eigenvalue weighted by Gasteiger charge is -2.37. The highest BCUT2D eigenvalue weighted by molar-refractivity contribution is 5.72. The van der Waals surface area contributed by atoms with Gasteiger partial charge in [-0.15, -0.1) is 0 Å². The van der Waals surface area contributed by atoms with Crippen molar-refractivity contribution in [2.24, 2.45) is 0 Å². The smallest absolute Gasteiger partial charge is 0.335 e. The predicted molar refractivity (Wildman–Crippen MR) is 44.5 cm³/mol. The molecule has 1 saturated heterocycles. The zero-order chi connectivity index (χ0) is 9.26. The first-order chi connectivity index (χ1) is 6.27. The highest BCUT2D eigenvalue weighted by Gasteiger charge is 2.36. The average Bonchev–Trinajstić information content (AvgIpc) is 2.17. The second-order valence-electron chi connectivity index (χ2n) is 3.66. The molecule has 0 spiro atoms. The molecule has 0 aromatic rings. The first-order valence-corrected chi connectivity index (χ1v) is 4.77. The molecule has 1 aliphatic carbocycles. The molecule has 3 unspecified atom stereocenters. The molecule has 0 amide bonds. The van der Waals surface area contributed by atoms with Gasteiger partial charge in [0.2, 0.25) is 0 Å². The standard InChI is InChI=1S/C9H14O4/c10-9(11)8-5-12-6-3-1-2-4-7(6)13-8/h6-8H,1-5H2,(H,10,11). The summed E-state index contributed by atoms with van der Waals surface area (Å²) in [4.78, 5) is 10.6. The highest BCUT2D eigenvalue weighted by atomic mass is 16.6. The number of hydrogen-bond acceptors (Lipinski definition) is 3. The van der Waals surface area contributed by atoms with E-state index in [0.29, 0.717) is 0 Å². The third kappa shape index (κ3) is 1.84. The fourth-order valence-electron chi connectivity index (χ4n) is 2.00. The van der Waals surface area contributed by atoms with Crippen LogP contribution in [-0.4, -0.2) is 36.0 Å². The van der Waals surface area contributed by atoms with E-state index in [2.05, 4.69) is 0 Å². The summed E-state index contributed by atoms with van der Waals surface area (Å²) < 4.78 is 10.9. The van der Waals surface area contributed by atoms with Crippen LogP contribution in [0.5, 0.6) is 0 Å². The Morgan fingerprint density at radius 3 is 2.62 bits per heavy atom.